The molecule has 1 N–H and O–H groups in total. The summed E-state index contributed by atoms with van der Waals surface area (Å²) in [6, 6.07) is 22.8. The summed E-state index contributed by atoms with van der Waals surface area (Å²) < 4.78 is 1.75. The van der Waals surface area contributed by atoms with Crippen molar-refractivity contribution in [2.45, 2.75) is 9.92 Å². The van der Waals surface area contributed by atoms with Crippen LogP contribution in [0, 0.1) is 0 Å². The monoisotopic (exact) mass is 372 g/mol. The molecule has 0 unspecified atom stereocenters. The number of hydrogen-bond donors (Lipinski definition) is 1. The van der Waals surface area contributed by atoms with E-state index < -0.39 is 0 Å². The van der Waals surface area contributed by atoms with Gasteiger partial charge in [-0.3, -0.25) is 4.79 Å². The number of aromatic nitrogens is 3. The Kier molecular flexibility index (Phi) is 4.98. The standard InChI is InChI=1S/C21H16N4OS/c26-20(24-16-7-4-8-17(15-16)25-14-6-13-23-25)19-11-5-12-22-21(19)27-18-9-2-1-3-10-18/h1-15H,(H,24,26). The van der Waals surface area contributed by atoms with Crippen molar-refractivity contribution in [3.05, 3.63) is 97.0 Å². The number of carbonyl (C=O) groups excluding carboxylic acids is 1. The van der Waals surface area contributed by atoms with Gasteiger partial charge in [-0.05, 0) is 48.5 Å². The van der Waals surface area contributed by atoms with E-state index in [9.17, 15) is 4.79 Å². The fourth-order valence-corrected chi connectivity index (χ4v) is 3.49. The van der Waals surface area contributed by atoms with Crippen LogP contribution in [0.4, 0.5) is 5.69 Å². The van der Waals surface area contributed by atoms with E-state index in [2.05, 4.69) is 15.4 Å². The van der Waals surface area contributed by atoms with Gasteiger partial charge in [-0.1, -0.05) is 36.0 Å². The first-order valence-electron chi connectivity index (χ1n) is 8.39. The zero-order valence-corrected chi connectivity index (χ0v) is 15.1. The van der Waals surface area contributed by atoms with Crippen LogP contribution in [0.15, 0.2) is 101 Å². The highest BCUT2D eigenvalue weighted by molar-refractivity contribution is 7.99. The predicted octanol–water partition coefficient (Wildman–Crippen LogP) is 4.67. The minimum Gasteiger partial charge on any atom is -0.322 e. The van der Waals surface area contributed by atoms with Crippen LogP contribution in [0.3, 0.4) is 0 Å². The molecule has 5 nitrogen and oxygen atoms in total. The summed E-state index contributed by atoms with van der Waals surface area (Å²) in [5, 5.41) is 7.84. The third-order valence-corrected chi connectivity index (χ3v) is 4.87. The first-order valence-corrected chi connectivity index (χ1v) is 9.20. The Morgan fingerprint density at radius 1 is 0.926 bits per heavy atom. The third-order valence-electron chi connectivity index (χ3n) is 3.85. The molecule has 0 fully saturated rings. The maximum Gasteiger partial charge on any atom is 0.258 e. The van der Waals surface area contributed by atoms with Crippen LogP contribution in [0.25, 0.3) is 5.69 Å². The molecule has 0 aliphatic heterocycles. The summed E-state index contributed by atoms with van der Waals surface area (Å²) in [6.45, 7) is 0. The third kappa shape index (κ3) is 4.07. The van der Waals surface area contributed by atoms with Crippen molar-refractivity contribution in [2.24, 2.45) is 0 Å². The minimum atomic E-state index is -0.195. The highest BCUT2D eigenvalue weighted by Crippen LogP contribution is 2.28. The lowest BCUT2D eigenvalue weighted by atomic mass is 10.2. The number of rotatable bonds is 5. The average molecular weight is 372 g/mol. The average Bonchev–Trinajstić information content (AvgIpc) is 3.24. The first kappa shape index (κ1) is 17.1. The first-order chi connectivity index (χ1) is 13.3. The fraction of sp³-hybridized carbons (Fsp3) is 0. The number of nitrogens with one attached hydrogen (secondary N) is 1. The molecule has 0 aliphatic rings. The van der Waals surface area contributed by atoms with Crippen LogP contribution in [0.1, 0.15) is 10.4 Å². The zero-order chi connectivity index (χ0) is 18.5. The van der Waals surface area contributed by atoms with E-state index in [1.165, 1.54) is 11.8 Å². The molecule has 0 radical (unpaired) electrons. The predicted molar refractivity (Wildman–Crippen MR) is 106 cm³/mol. The Morgan fingerprint density at radius 3 is 2.63 bits per heavy atom. The van der Waals surface area contributed by atoms with Gasteiger partial charge in [0.1, 0.15) is 5.03 Å². The van der Waals surface area contributed by atoms with Gasteiger partial charge in [0.15, 0.2) is 0 Å². The lowest BCUT2D eigenvalue weighted by Crippen LogP contribution is -2.13. The van der Waals surface area contributed by atoms with Gasteiger partial charge in [0.05, 0.1) is 11.3 Å². The Bertz CT molecular complexity index is 1050. The molecule has 27 heavy (non-hydrogen) atoms. The molecule has 4 aromatic rings. The molecule has 2 aromatic heterocycles. The molecule has 0 bridgehead atoms. The minimum absolute atomic E-state index is 0.195. The maximum atomic E-state index is 12.8. The Morgan fingerprint density at radius 2 is 1.81 bits per heavy atom. The van der Waals surface area contributed by atoms with Gasteiger partial charge in [0.25, 0.3) is 5.91 Å². The molecule has 4 rings (SSSR count). The van der Waals surface area contributed by atoms with Gasteiger partial charge in [-0.15, -0.1) is 0 Å². The van der Waals surface area contributed by atoms with E-state index in [0.29, 0.717) is 16.3 Å². The van der Waals surface area contributed by atoms with Gasteiger partial charge in [-0.2, -0.15) is 5.10 Å². The lowest BCUT2D eigenvalue weighted by Gasteiger charge is -2.10. The van der Waals surface area contributed by atoms with Crippen molar-refractivity contribution in [2.75, 3.05) is 5.32 Å². The molecule has 0 aliphatic carbocycles. The summed E-state index contributed by atoms with van der Waals surface area (Å²) in [5.41, 5.74) is 2.12. The topological polar surface area (TPSA) is 59.8 Å². The van der Waals surface area contributed by atoms with Crippen molar-refractivity contribution in [1.82, 2.24) is 14.8 Å². The number of pyridine rings is 1. The number of hydrogen-bond acceptors (Lipinski definition) is 4. The van der Waals surface area contributed by atoms with E-state index in [0.717, 1.165) is 10.6 Å². The number of nitrogens with zero attached hydrogens (tertiary/aromatic N) is 3. The van der Waals surface area contributed by atoms with Crippen LogP contribution in [0.2, 0.25) is 0 Å². The van der Waals surface area contributed by atoms with Crippen LogP contribution < -0.4 is 5.32 Å². The quantitative estimate of drug-likeness (QED) is 0.553. The SMILES string of the molecule is O=C(Nc1cccc(-n2cccn2)c1)c1cccnc1Sc1ccccc1. The molecule has 0 atom stereocenters. The van der Waals surface area contributed by atoms with E-state index >= 15 is 0 Å². The normalized spacial score (nSPS) is 10.5. The van der Waals surface area contributed by atoms with Gasteiger partial charge in [0, 0.05) is 29.2 Å². The molecular weight excluding hydrogens is 356 g/mol. The Hall–Kier alpha value is -3.38. The second kappa shape index (κ2) is 7.88. The molecule has 0 saturated carbocycles. The summed E-state index contributed by atoms with van der Waals surface area (Å²) in [6.07, 6.45) is 5.27. The molecule has 132 valence electrons. The highest BCUT2D eigenvalue weighted by atomic mass is 32.2. The Balaban J connectivity index is 1.56. The van der Waals surface area contributed by atoms with Crippen LogP contribution >= 0.6 is 11.8 Å². The zero-order valence-electron chi connectivity index (χ0n) is 14.3. The van der Waals surface area contributed by atoms with E-state index in [1.54, 1.807) is 29.2 Å². The molecule has 1 amide bonds. The van der Waals surface area contributed by atoms with Crippen molar-refractivity contribution in [3.8, 4) is 5.69 Å². The van der Waals surface area contributed by atoms with Crippen molar-refractivity contribution < 1.29 is 4.79 Å². The number of amides is 1. The van der Waals surface area contributed by atoms with Crippen LogP contribution in [-0.4, -0.2) is 20.7 Å². The summed E-state index contributed by atoms with van der Waals surface area (Å²) >= 11 is 1.47. The smallest absolute Gasteiger partial charge is 0.258 e. The number of anilines is 1. The molecular formula is C21H16N4OS. The Labute approximate surface area is 161 Å². The summed E-state index contributed by atoms with van der Waals surface area (Å²) in [7, 11) is 0. The van der Waals surface area contributed by atoms with Crippen molar-refractivity contribution >= 4 is 23.4 Å². The maximum absolute atomic E-state index is 12.8. The van der Waals surface area contributed by atoms with Gasteiger partial charge in [-0.25, -0.2) is 9.67 Å². The second-order valence-corrected chi connectivity index (χ2v) is 6.79. The molecule has 6 heteroatoms. The van der Waals surface area contributed by atoms with Crippen molar-refractivity contribution in [3.63, 3.8) is 0 Å². The van der Waals surface area contributed by atoms with Gasteiger partial charge >= 0.3 is 0 Å². The second-order valence-electron chi connectivity index (χ2n) is 5.73. The highest BCUT2D eigenvalue weighted by Gasteiger charge is 2.14. The summed E-state index contributed by atoms with van der Waals surface area (Å²) in [4.78, 5) is 18.3. The fourth-order valence-electron chi connectivity index (χ4n) is 2.59. The lowest BCUT2D eigenvalue weighted by molar-refractivity contribution is 0.102. The summed E-state index contributed by atoms with van der Waals surface area (Å²) in [5.74, 6) is -0.195. The van der Waals surface area contributed by atoms with Gasteiger partial charge in [0.2, 0.25) is 0 Å². The number of carbonyl (C=O) groups is 1. The molecule has 2 heterocycles. The molecule has 2 aromatic carbocycles. The van der Waals surface area contributed by atoms with E-state index in [-0.39, 0.29) is 5.91 Å². The van der Waals surface area contributed by atoms with Crippen LogP contribution in [-0.2, 0) is 0 Å². The van der Waals surface area contributed by atoms with Crippen LogP contribution in [0.5, 0.6) is 0 Å². The molecule has 0 spiro atoms. The number of benzene rings is 2. The largest absolute Gasteiger partial charge is 0.322 e. The molecule has 0 saturated heterocycles. The van der Waals surface area contributed by atoms with Crippen molar-refractivity contribution in [1.29, 1.82) is 0 Å². The van der Waals surface area contributed by atoms with Gasteiger partial charge < -0.3 is 5.32 Å². The van der Waals surface area contributed by atoms with E-state index in [4.69, 9.17) is 0 Å². The van der Waals surface area contributed by atoms with E-state index in [1.807, 2.05) is 66.9 Å².